The van der Waals surface area contributed by atoms with Gasteiger partial charge >= 0.3 is 5.43 Å². The van der Waals surface area contributed by atoms with Crippen molar-refractivity contribution in [3.63, 3.8) is 0 Å². The number of carbonyl (C=O) groups excluding carboxylic acids is 1. The average Bonchev–Trinajstić information content (AvgIpc) is 3.17. The topological polar surface area (TPSA) is 66.5 Å². The second kappa shape index (κ2) is 7.00. The number of carbonyl (C=O) groups is 1. The lowest BCUT2D eigenvalue weighted by Gasteiger charge is -2.47. The summed E-state index contributed by atoms with van der Waals surface area (Å²) in [6, 6.07) is 8.18. The Labute approximate surface area is 173 Å². The molecule has 7 nitrogen and oxygen atoms in total. The second-order valence-corrected chi connectivity index (χ2v) is 7.58. The molecular weight excluding hydrogens is 398 g/mol. The zero-order valence-electron chi connectivity index (χ0n) is 16.1. The van der Waals surface area contributed by atoms with Crippen LogP contribution in [0.5, 0.6) is 23.0 Å². The zero-order chi connectivity index (χ0) is 20.1. The molecule has 2 atom stereocenters. The van der Waals surface area contributed by atoms with E-state index in [0.717, 1.165) is 35.5 Å². The van der Waals surface area contributed by atoms with E-state index in [-0.39, 0.29) is 25.6 Å². The third-order valence-electron chi connectivity index (χ3n) is 5.95. The van der Waals surface area contributed by atoms with Gasteiger partial charge in [0.25, 0.3) is 0 Å². The van der Waals surface area contributed by atoms with Crippen LogP contribution in [0, 0.1) is 0 Å². The normalized spacial score (nSPS) is 21.2. The van der Waals surface area contributed by atoms with Gasteiger partial charge in [-0.1, -0.05) is 0 Å². The van der Waals surface area contributed by atoms with Gasteiger partial charge < -0.3 is 23.7 Å². The Kier molecular flexibility index (Phi) is 4.44. The van der Waals surface area contributed by atoms with Gasteiger partial charge in [-0.3, -0.25) is 4.90 Å². The van der Waals surface area contributed by atoms with E-state index in [1.165, 1.54) is 11.1 Å². The SMILES string of the molecule is COc1cc2c(cc1OC)[C@@H]1Cc3cc4c(cc3[C@H](C2)N1COC(=O)Cl)OCO4. The van der Waals surface area contributed by atoms with E-state index in [0.29, 0.717) is 11.5 Å². The first-order valence-corrected chi connectivity index (χ1v) is 9.72. The van der Waals surface area contributed by atoms with Crippen LogP contribution in [0.4, 0.5) is 4.79 Å². The van der Waals surface area contributed by atoms with E-state index >= 15 is 0 Å². The molecule has 0 radical (unpaired) electrons. The number of halogens is 1. The van der Waals surface area contributed by atoms with Gasteiger partial charge in [0, 0.05) is 23.7 Å². The van der Waals surface area contributed by atoms with Crippen molar-refractivity contribution in [3.05, 3.63) is 46.5 Å². The van der Waals surface area contributed by atoms with Crippen LogP contribution in [0.3, 0.4) is 0 Å². The Bertz CT molecular complexity index is 994. The number of fused-ring (bicyclic) bond motifs is 7. The molecule has 0 aliphatic carbocycles. The Morgan fingerprint density at radius 2 is 1.59 bits per heavy atom. The smallest absolute Gasteiger partial charge is 0.405 e. The first-order chi connectivity index (χ1) is 14.1. The van der Waals surface area contributed by atoms with Crippen LogP contribution >= 0.6 is 11.6 Å². The quantitative estimate of drug-likeness (QED) is 0.697. The van der Waals surface area contributed by atoms with Crippen LogP contribution in [0.15, 0.2) is 24.3 Å². The molecule has 2 aromatic carbocycles. The third-order valence-corrected chi connectivity index (χ3v) is 6.06. The van der Waals surface area contributed by atoms with Crippen LogP contribution in [0.1, 0.15) is 34.3 Å². The Balaban J connectivity index is 1.62. The zero-order valence-corrected chi connectivity index (χ0v) is 16.8. The number of benzene rings is 2. The lowest BCUT2D eigenvalue weighted by molar-refractivity contribution is 0.00490. The highest BCUT2D eigenvalue weighted by atomic mass is 35.5. The van der Waals surface area contributed by atoms with E-state index in [4.69, 9.17) is 35.3 Å². The first kappa shape index (κ1) is 18.4. The fraction of sp³-hybridized carbons (Fsp3) is 0.381. The fourth-order valence-electron chi connectivity index (χ4n) is 4.66. The van der Waals surface area contributed by atoms with Gasteiger partial charge in [0.05, 0.1) is 14.2 Å². The Morgan fingerprint density at radius 3 is 2.24 bits per heavy atom. The van der Waals surface area contributed by atoms with Crippen LogP contribution in [-0.4, -0.2) is 38.1 Å². The molecule has 0 fully saturated rings. The minimum Gasteiger partial charge on any atom is -0.493 e. The first-order valence-electron chi connectivity index (χ1n) is 9.34. The van der Waals surface area contributed by atoms with E-state index in [1.54, 1.807) is 14.2 Å². The van der Waals surface area contributed by atoms with Crippen molar-refractivity contribution in [1.29, 1.82) is 0 Å². The highest BCUT2D eigenvalue weighted by Gasteiger charge is 2.42. The van der Waals surface area contributed by atoms with E-state index in [9.17, 15) is 4.79 Å². The molecule has 0 saturated heterocycles. The van der Waals surface area contributed by atoms with Gasteiger partial charge in [0.2, 0.25) is 6.79 Å². The summed E-state index contributed by atoms with van der Waals surface area (Å²) in [5.41, 5.74) is 3.86. The van der Waals surface area contributed by atoms with Crippen LogP contribution < -0.4 is 18.9 Å². The molecule has 2 aromatic rings. The molecule has 8 heteroatoms. The molecule has 0 saturated carbocycles. The van der Waals surface area contributed by atoms with Crippen LogP contribution in [0.2, 0.25) is 0 Å². The maximum Gasteiger partial charge on any atom is 0.405 e. The summed E-state index contributed by atoms with van der Waals surface area (Å²) in [7, 11) is 3.26. The molecule has 0 aromatic heterocycles. The van der Waals surface area contributed by atoms with Crippen molar-refractivity contribution < 1.29 is 28.5 Å². The predicted molar refractivity (Wildman–Crippen MR) is 104 cm³/mol. The lowest BCUT2D eigenvalue weighted by atomic mass is 9.76. The molecule has 3 heterocycles. The summed E-state index contributed by atoms with van der Waals surface area (Å²) in [6.07, 6.45) is 1.48. The van der Waals surface area contributed by atoms with Crippen molar-refractivity contribution in [3.8, 4) is 23.0 Å². The molecule has 3 aliphatic rings. The molecule has 0 N–H and O–H groups in total. The molecule has 29 heavy (non-hydrogen) atoms. The van der Waals surface area contributed by atoms with E-state index in [2.05, 4.69) is 11.0 Å². The summed E-state index contributed by atoms with van der Waals surface area (Å²) < 4.78 is 27.4. The molecule has 5 rings (SSSR count). The average molecular weight is 418 g/mol. The summed E-state index contributed by atoms with van der Waals surface area (Å²) in [5.74, 6) is 2.90. The molecule has 0 unspecified atom stereocenters. The maximum atomic E-state index is 11.3. The number of nitrogens with zero attached hydrogens (tertiary/aromatic N) is 1. The van der Waals surface area contributed by atoms with Crippen LogP contribution in [-0.2, 0) is 17.6 Å². The van der Waals surface area contributed by atoms with Gasteiger partial charge in [0.15, 0.2) is 23.0 Å². The molecule has 0 spiro atoms. The Morgan fingerprint density at radius 1 is 1.00 bits per heavy atom. The molecule has 2 bridgehead atoms. The fourth-order valence-corrected chi connectivity index (χ4v) is 4.71. The predicted octanol–water partition coefficient (Wildman–Crippen LogP) is 3.96. The van der Waals surface area contributed by atoms with Gasteiger partial charge in [-0.2, -0.15) is 0 Å². The Hall–Kier alpha value is -2.64. The molecule has 152 valence electrons. The number of hydrogen-bond donors (Lipinski definition) is 0. The highest BCUT2D eigenvalue weighted by Crippen LogP contribution is 2.51. The van der Waals surface area contributed by atoms with E-state index in [1.807, 2.05) is 18.2 Å². The van der Waals surface area contributed by atoms with Gasteiger partial charge in [0.1, 0.15) is 6.73 Å². The number of ether oxygens (including phenoxy) is 5. The summed E-state index contributed by atoms with van der Waals surface area (Å²) >= 11 is 5.46. The summed E-state index contributed by atoms with van der Waals surface area (Å²) in [5, 5.41) is 0. The number of rotatable bonds is 4. The number of hydrogen-bond acceptors (Lipinski definition) is 7. The molecule has 0 amide bonds. The van der Waals surface area contributed by atoms with Crippen molar-refractivity contribution in [2.45, 2.75) is 24.9 Å². The van der Waals surface area contributed by atoms with E-state index < -0.39 is 5.43 Å². The number of methoxy groups -OCH3 is 2. The minimum atomic E-state index is -0.813. The van der Waals surface area contributed by atoms with Gasteiger partial charge in [-0.15, -0.1) is 0 Å². The highest BCUT2D eigenvalue weighted by molar-refractivity contribution is 6.61. The minimum absolute atomic E-state index is 0.00689. The van der Waals surface area contributed by atoms with Crippen molar-refractivity contribution in [2.75, 3.05) is 27.7 Å². The summed E-state index contributed by atoms with van der Waals surface area (Å²) in [6.45, 7) is 0.341. The third kappa shape index (κ3) is 2.96. The molecular formula is C21H20ClNO6. The van der Waals surface area contributed by atoms with Crippen molar-refractivity contribution in [2.24, 2.45) is 0 Å². The standard InChI is InChI=1S/C21H20ClNO6/c1-25-17-5-11-3-16-14-8-20-19(28-10-29-20)6-12(14)4-15(13(11)7-18(17)26-2)23(16)9-27-21(22)24/h5-8,15-16H,3-4,9-10H2,1-2H3/t15-,16-/m0/s1. The maximum absolute atomic E-state index is 11.3. The van der Waals surface area contributed by atoms with Crippen molar-refractivity contribution in [1.82, 2.24) is 4.90 Å². The van der Waals surface area contributed by atoms with Crippen LogP contribution in [0.25, 0.3) is 0 Å². The van der Waals surface area contributed by atoms with Gasteiger partial charge in [-0.05, 0) is 59.4 Å². The lowest BCUT2D eigenvalue weighted by Crippen LogP contribution is -2.44. The largest absolute Gasteiger partial charge is 0.493 e. The van der Waals surface area contributed by atoms with Crippen molar-refractivity contribution >= 4 is 17.0 Å². The molecule has 3 aliphatic heterocycles. The van der Waals surface area contributed by atoms with Gasteiger partial charge in [-0.25, -0.2) is 4.79 Å². The second-order valence-electron chi connectivity index (χ2n) is 7.28. The summed E-state index contributed by atoms with van der Waals surface area (Å²) in [4.78, 5) is 13.4. The monoisotopic (exact) mass is 417 g/mol.